The first kappa shape index (κ1) is 21.1. The lowest BCUT2D eigenvalue weighted by Crippen LogP contribution is -2.50. The number of carbonyl (C=O) groups is 1. The summed E-state index contributed by atoms with van der Waals surface area (Å²) in [5, 5.41) is 42.7. The molecule has 0 heterocycles. The Hall–Kier alpha value is -1.96. The fourth-order valence-corrected chi connectivity index (χ4v) is 2.18. The molecule has 0 aromatic heterocycles. The first-order valence-corrected chi connectivity index (χ1v) is 8.51. The minimum absolute atomic E-state index is 0.0217. The molecular formula is C18H28N2O5. The van der Waals surface area contributed by atoms with Crippen molar-refractivity contribution in [2.45, 2.75) is 44.7 Å². The Morgan fingerprint density at radius 1 is 1.16 bits per heavy atom. The predicted molar refractivity (Wildman–Crippen MR) is 95.2 cm³/mol. The van der Waals surface area contributed by atoms with Gasteiger partial charge in [0.1, 0.15) is 19.8 Å². The van der Waals surface area contributed by atoms with Crippen LogP contribution in [0.25, 0.3) is 0 Å². The maximum absolute atomic E-state index is 12.1. The maximum atomic E-state index is 12.1. The van der Waals surface area contributed by atoms with Gasteiger partial charge < -0.3 is 25.8 Å². The highest BCUT2D eigenvalue weighted by atomic mass is 16.5. The zero-order valence-corrected chi connectivity index (χ0v) is 14.6. The van der Waals surface area contributed by atoms with Crippen molar-refractivity contribution in [2.24, 2.45) is 0 Å². The molecule has 0 unspecified atom stereocenters. The quantitative estimate of drug-likeness (QED) is 0.152. The Kier molecular flexibility index (Phi) is 9.12. The summed E-state index contributed by atoms with van der Waals surface area (Å²) in [5.41, 5.74) is -0.186. The van der Waals surface area contributed by atoms with Gasteiger partial charge in [0.15, 0.2) is 6.21 Å². The molecule has 1 aromatic rings. The summed E-state index contributed by atoms with van der Waals surface area (Å²) in [5.74, 6) is 0.0217. The number of aliphatic hydroxyl groups is 3. The van der Waals surface area contributed by atoms with Crippen LogP contribution in [0, 0.1) is 5.21 Å². The number of carbonyl (C=O) groups excluding carboxylic acids is 1. The van der Waals surface area contributed by atoms with Crippen LogP contribution in [-0.4, -0.2) is 57.5 Å². The number of amides is 1. The largest absolute Gasteiger partial charge is 0.623 e. The third-order valence-electron chi connectivity index (χ3n) is 4.09. The van der Waals surface area contributed by atoms with Crippen LogP contribution in [0.5, 0.6) is 0 Å². The number of hydrogen-bond acceptors (Lipinski definition) is 5. The molecule has 25 heavy (non-hydrogen) atoms. The lowest BCUT2D eigenvalue weighted by Gasteiger charge is -2.25. The molecule has 0 radical (unpaired) electrons. The van der Waals surface area contributed by atoms with Gasteiger partial charge in [-0.05, 0) is 24.1 Å². The molecule has 0 fully saturated rings. The van der Waals surface area contributed by atoms with E-state index in [1.165, 1.54) is 6.21 Å². The first-order chi connectivity index (χ1) is 12.0. The molecule has 0 saturated heterocycles. The third kappa shape index (κ3) is 6.45. The summed E-state index contributed by atoms with van der Waals surface area (Å²) in [7, 11) is 0. The summed E-state index contributed by atoms with van der Waals surface area (Å²) >= 11 is 0. The van der Waals surface area contributed by atoms with Crippen molar-refractivity contribution in [1.82, 2.24) is 5.32 Å². The lowest BCUT2D eigenvalue weighted by atomic mass is 10.0. The van der Waals surface area contributed by atoms with E-state index in [1.54, 1.807) is 24.3 Å². The normalized spacial score (nSPS) is 12.2. The minimum Gasteiger partial charge on any atom is -0.623 e. The molecule has 0 spiro atoms. The fraction of sp³-hybridized carbons (Fsp3) is 0.556. The van der Waals surface area contributed by atoms with Gasteiger partial charge in [0.25, 0.3) is 0 Å². The zero-order chi connectivity index (χ0) is 18.7. The van der Waals surface area contributed by atoms with E-state index in [2.05, 4.69) is 12.2 Å². The van der Waals surface area contributed by atoms with Crippen molar-refractivity contribution < 1.29 is 24.9 Å². The Labute approximate surface area is 148 Å². The molecule has 1 rings (SSSR count). The third-order valence-corrected chi connectivity index (χ3v) is 4.09. The average Bonchev–Trinajstić information content (AvgIpc) is 2.63. The monoisotopic (exact) mass is 352 g/mol. The van der Waals surface area contributed by atoms with E-state index in [0.717, 1.165) is 24.8 Å². The number of benzene rings is 1. The molecule has 1 amide bonds. The van der Waals surface area contributed by atoms with Crippen LogP contribution in [0.4, 0.5) is 0 Å². The summed E-state index contributed by atoms with van der Waals surface area (Å²) < 4.78 is 0.373. The van der Waals surface area contributed by atoms with Crippen molar-refractivity contribution in [3.63, 3.8) is 0 Å². The zero-order valence-electron chi connectivity index (χ0n) is 14.6. The summed E-state index contributed by atoms with van der Waals surface area (Å²) in [6.07, 6.45) is 4.73. The topological polar surface area (TPSA) is 116 Å². The fourth-order valence-electron chi connectivity index (χ4n) is 2.18. The van der Waals surface area contributed by atoms with Crippen LogP contribution in [0.3, 0.4) is 0 Å². The van der Waals surface area contributed by atoms with Gasteiger partial charge in [0.2, 0.25) is 11.4 Å². The van der Waals surface area contributed by atoms with E-state index in [-0.39, 0.29) is 5.91 Å². The molecule has 0 bridgehead atoms. The van der Waals surface area contributed by atoms with E-state index in [1.807, 2.05) is 0 Å². The summed E-state index contributed by atoms with van der Waals surface area (Å²) in [4.78, 5) is 11.7. The summed E-state index contributed by atoms with van der Waals surface area (Å²) in [6, 6.07) is 6.95. The van der Waals surface area contributed by atoms with Crippen molar-refractivity contribution in [3.8, 4) is 0 Å². The van der Waals surface area contributed by atoms with E-state index < -0.39 is 25.4 Å². The van der Waals surface area contributed by atoms with Crippen molar-refractivity contribution >= 4 is 12.1 Å². The Morgan fingerprint density at radius 3 is 2.28 bits per heavy atom. The number of nitrogens with one attached hydrogen (secondary N) is 1. The first-order valence-electron chi connectivity index (χ1n) is 8.51. The Bertz CT molecular complexity index is 545. The Morgan fingerprint density at radius 2 is 1.76 bits per heavy atom. The number of hydrogen-bond donors (Lipinski definition) is 4. The van der Waals surface area contributed by atoms with Gasteiger partial charge >= 0.3 is 0 Å². The van der Waals surface area contributed by atoms with Crippen LogP contribution in [0.2, 0.25) is 0 Å². The van der Waals surface area contributed by atoms with Crippen LogP contribution >= 0.6 is 0 Å². The molecule has 7 heteroatoms. The molecule has 0 aliphatic carbocycles. The summed E-state index contributed by atoms with van der Waals surface area (Å²) in [6.45, 7) is 0.512. The van der Waals surface area contributed by atoms with Crippen LogP contribution in [0.1, 0.15) is 43.7 Å². The number of aliphatic hydroxyl groups excluding tert-OH is 3. The molecule has 0 atom stereocenters. The van der Waals surface area contributed by atoms with Gasteiger partial charge in [-0.2, -0.15) is 4.74 Å². The molecule has 4 N–H and O–H groups in total. The van der Waals surface area contributed by atoms with Gasteiger partial charge in [-0.25, -0.2) is 0 Å². The van der Waals surface area contributed by atoms with Gasteiger partial charge in [-0.1, -0.05) is 31.9 Å². The van der Waals surface area contributed by atoms with Gasteiger partial charge in [-0.15, -0.1) is 0 Å². The number of unbranched alkanes of at least 4 members (excludes halogenated alkanes) is 2. The molecular weight excluding hydrogens is 324 g/mol. The second-order valence-corrected chi connectivity index (χ2v) is 6.13. The molecule has 0 saturated carbocycles. The number of hydroxylamine groups is 1. The SMILES string of the molecule is CCCCCC(=O)NCc1ccc(/C=[N+](\[O-])C(CO)(CO)CO)cc1. The van der Waals surface area contributed by atoms with Crippen molar-refractivity contribution in [1.29, 1.82) is 0 Å². The van der Waals surface area contributed by atoms with Crippen molar-refractivity contribution in [2.75, 3.05) is 19.8 Å². The van der Waals surface area contributed by atoms with Crippen LogP contribution in [-0.2, 0) is 11.3 Å². The second-order valence-electron chi connectivity index (χ2n) is 6.13. The predicted octanol–water partition coefficient (Wildman–Crippen LogP) is 0.528. The second kappa shape index (κ2) is 10.8. The molecule has 140 valence electrons. The van der Waals surface area contributed by atoms with Gasteiger partial charge in [-0.3, -0.25) is 4.79 Å². The smallest absolute Gasteiger partial charge is 0.240 e. The Balaban J connectivity index is 2.64. The molecule has 0 aliphatic rings. The van der Waals surface area contributed by atoms with E-state index in [0.29, 0.717) is 23.3 Å². The standard InChI is InChI=1S/C18H28N2O5/c1-2-3-4-5-17(24)19-10-15-6-8-16(9-7-15)11-20(25)18(12-21,13-22)14-23/h6-9,11,21-23H,2-5,10,12-14H2,1H3,(H,19,24)/b20-11-. The minimum atomic E-state index is -1.65. The van der Waals surface area contributed by atoms with Gasteiger partial charge in [0, 0.05) is 18.5 Å². The highest BCUT2D eigenvalue weighted by Crippen LogP contribution is 2.09. The maximum Gasteiger partial charge on any atom is 0.240 e. The molecule has 7 nitrogen and oxygen atoms in total. The highest BCUT2D eigenvalue weighted by molar-refractivity contribution is 5.76. The van der Waals surface area contributed by atoms with Crippen LogP contribution < -0.4 is 5.32 Å². The number of rotatable bonds is 11. The number of nitrogens with zero attached hydrogens (tertiary/aromatic N) is 1. The van der Waals surface area contributed by atoms with Crippen LogP contribution in [0.15, 0.2) is 24.3 Å². The van der Waals surface area contributed by atoms with E-state index in [9.17, 15) is 25.3 Å². The van der Waals surface area contributed by atoms with E-state index in [4.69, 9.17) is 0 Å². The molecule has 1 aromatic carbocycles. The molecule has 0 aliphatic heterocycles. The van der Waals surface area contributed by atoms with E-state index >= 15 is 0 Å². The van der Waals surface area contributed by atoms with Gasteiger partial charge in [0.05, 0.1) is 0 Å². The van der Waals surface area contributed by atoms with Crippen molar-refractivity contribution in [3.05, 3.63) is 40.6 Å². The average molecular weight is 352 g/mol. The lowest BCUT2D eigenvalue weighted by molar-refractivity contribution is -0.558. The highest BCUT2D eigenvalue weighted by Gasteiger charge is 2.36.